The Morgan fingerprint density at radius 1 is 1.04 bits per heavy atom. The fourth-order valence-corrected chi connectivity index (χ4v) is 2.92. The van der Waals surface area contributed by atoms with Gasteiger partial charge in [0.05, 0.1) is 15.6 Å². The van der Waals surface area contributed by atoms with Crippen molar-refractivity contribution in [3.8, 4) is 0 Å². The van der Waals surface area contributed by atoms with Crippen LogP contribution in [0.4, 0.5) is 5.69 Å². The third-order valence-corrected chi connectivity index (χ3v) is 4.31. The van der Waals surface area contributed by atoms with Crippen molar-refractivity contribution in [3.05, 3.63) is 82.2 Å². The molecule has 0 aliphatic carbocycles. The molecule has 0 aromatic heterocycles. The maximum absolute atomic E-state index is 12.0. The number of benzene rings is 2. The van der Waals surface area contributed by atoms with Crippen LogP contribution in [0.1, 0.15) is 5.56 Å². The highest BCUT2D eigenvalue weighted by Gasteiger charge is 2.23. The summed E-state index contributed by atoms with van der Waals surface area (Å²) in [7, 11) is 0. The molecular formula is C18H13ClN2OS. The monoisotopic (exact) mass is 340 g/mol. The van der Waals surface area contributed by atoms with E-state index in [4.69, 9.17) is 11.6 Å². The van der Waals surface area contributed by atoms with Crippen LogP contribution in [0.25, 0.3) is 6.08 Å². The molecule has 0 radical (unpaired) electrons. The summed E-state index contributed by atoms with van der Waals surface area (Å²) in [6.45, 7) is 0. The molecule has 1 aliphatic rings. The lowest BCUT2D eigenvalue weighted by Gasteiger charge is -1.98. The topological polar surface area (TPSA) is 41.5 Å². The molecule has 0 unspecified atom stereocenters. The standard InChI is InChI=1S/C18H13ClN2OS/c19-14-10-4-5-11-15(14)20-18-21-17(22)16(23-18)12-6-9-13-7-2-1-3-8-13/h1-12H,(H,20,21,22)/b9-6+,16-12-. The van der Waals surface area contributed by atoms with E-state index >= 15 is 0 Å². The van der Waals surface area contributed by atoms with Crippen molar-refractivity contribution >= 4 is 46.2 Å². The van der Waals surface area contributed by atoms with Crippen LogP contribution in [0.5, 0.6) is 0 Å². The molecule has 1 aliphatic heterocycles. The van der Waals surface area contributed by atoms with Gasteiger partial charge in [-0.15, -0.1) is 0 Å². The molecule has 23 heavy (non-hydrogen) atoms. The molecule has 1 heterocycles. The van der Waals surface area contributed by atoms with Crippen molar-refractivity contribution in [2.45, 2.75) is 0 Å². The van der Waals surface area contributed by atoms with Gasteiger partial charge in [-0.05, 0) is 35.5 Å². The number of para-hydroxylation sites is 1. The van der Waals surface area contributed by atoms with E-state index in [9.17, 15) is 4.79 Å². The van der Waals surface area contributed by atoms with E-state index in [1.165, 1.54) is 11.8 Å². The summed E-state index contributed by atoms with van der Waals surface area (Å²) in [4.78, 5) is 16.9. The second-order valence-electron chi connectivity index (χ2n) is 4.73. The molecule has 0 saturated carbocycles. The third-order valence-electron chi connectivity index (χ3n) is 3.06. The highest BCUT2D eigenvalue weighted by Crippen LogP contribution is 2.29. The van der Waals surface area contributed by atoms with Crippen molar-refractivity contribution in [2.24, 2.45) is 4.99 Å². The Morgan fingerprint density at radius 2 is 1.78 bits per heavy atom. The fourth-order valence-electron chi connectivity index (χ4n) is 1.96. The Labute approximate surface area is 143 Å². The van der Waals surface area contributed by atoms with E-state index in [-0.39, 0.29) is 5.91 Å². The molecule has 1 fully saturated rings. The Balaban J connectivity index is 1.74. The van der Waals surface area contributed by atoms with Crippen LogP contribution in [0.3, 0.4) is 0 Å². The van der Waals surface area contributed by atoms with Gasteiger partial charge >= 0.3 is 0 Å². The number of nitrogens with one attached hydrogen (secondary N) is 1. The molecule has 5 heteroatoms. The fraction of sp³-hybridized carbons (Fsp3) is 0. The Kier molecular flexibility index (Phi) is 4.95. The quantitative estimate of drug-likeness (QED) is 0.816. The van der Waals surface area contributed by atoms with Crippen molar-refractivity contribution in [1.82, 2.24) is 5.32 Å². The van der Waals surface area contributed by atoms with E-state index in [2.05, 4.69) is 10.3 Å². The van der Waals surface area contributed by atoms with Crippen LogP contribution in [-0.4, -0.2) is 11.1 Å². The summed E-state index contributed by atoms with van der Waals surface area (Å²) in [5, 5.41) is 3.82. The molecule has 3 rings (SSSR count). The van der Waals surface area contributed by atoms with E-state index in [1.807, 2.05) is 54.6 Å². The number of amidine groups is 1. The number of nitrogens with zero attached hydrogens (tertiary/aromatic N) is 1. The van der Waals surface area contributed by atoms with Crippen LogP contribution < -0.4 is 5.32 Å². The van der Waals surface area contributed by atoms with E-state index in [0.717, 1.165) is 5.56 Å². The Morgan fingerprint density at radius 3 is 2.57 bits per heavy atom. The summed E-state index contributed by atoms with van der Waals surface area (Å²) >= 11 is 7.37. The minimum absolute atomic E-state index is 0.154. The summed E-state index contributed by atoms with van der Waals surface area (Å²) in [5.41, 5.74) is 1.72. The maximum atomic E-state index is 12.0. The first-order chi connectivity index (χ1) is 11.2. The van der Waals surface area contributed by atoms with Crippen LogP contribution >= 0.6 is 23.4 Å². The lowest BCUT2D eigenvalue weighted by molar-refractivity contribution is -0.115. The van der Waals surface area contributed by atoms with Gasteiger partial charge in [-0.1, -0.05) is 66.2 Å². The van der Waals surface area contributed by atoms with Crippen LogP contribution in [0, 0.1) is 0 Å². The zero-order chi connectivity index (χ0) is 16.1. The molecular weight excluding hydrogens is 328 g/mol. The van der Waals surface area contributed by atoms with Gasteiger partial charge in [0.15, 0.2) is 5.17 Å². The number of hydrogen-bond acceptors (Lipinski definition) is 3. The Bertz CT molecular complexity index is 813. The first-order valence-electron chi connectivity index (χ1n) is 6.98. The molecule has 0 atom stereocenters. The SMILES string of the molecule is O=C1NC(=Nc2ccccc2Cl)S/C1=C\C=C\c1ccccc1. The second-order valence-corrected chi connectivity index (χ2v) is 6.16. The largest absolute Gasteiger partial charge is 0.300 e. The van der Waals surface area contributed by atoms with Crippen molar-refractivity contribution in [3.63, 3.8) is 0 Å². The molecule has 1 saturated heterocycles. The molecule has 2 aromatic carbocycles. The number of rotatable bonds is 3. The van der Waals surface area contributed by atoms with Gasteiger partial charge in [0, 0.05) is 0 Å². The first-order valence-corrected chi connectivity index (χ1v) is 8.18. The predicted octanol–water partition coefficient (Wildman–Crippen LogP) is 4.79. The zero-order valence-corrected chi connectivity index (χ0v) is 13.6. The predicted molar refractivity (Wildman–Crippen MR) is 97.8 cm³/mol. The first kappa shape index (κ1) is 15.6. The Hall–Kier alpha value is -2.30. The maximum Gasteiger partial charge on any atom is 0.264 e. The summed E-state index contributed by atoms with van der Waals surface area (Å²) < 4.78 is 0. The van der Waals surface area contributed by atoms with Gasteiger partial charge in [0.1, 0.15) is 0 Å². The molecule has 0 bridgehead atoms. The molecule has 2 aromatic rings. The molecule has 1 N–H and O–H groups in total. The summed E-state index contributed by atoms with van der Waals surface area (Å²) in [5.74, 6) is -0.154. The smallest absolute Gasteiger partial charge is 0.264 e. The number of aliphatic imine (C=N–C) groups is 1. The third kappa shape index (κ3) is 4.12. The molecule has 1 amide bonds. The van der Waals surface area contributed by atoms with Gasteiger partial charge in [0.2, 0.25) is 0 Å². The van der Waals surface area contributed by atoms with Gasteiger partial charge in [-0.25, -0.2) is 4.99 Å². The van der Waals surface area contributed by atoms with Gasteiger partial charge in [0.25, 0.3) is 5.91 Å². The second kappa shape index (κ2) is 7.31. The van der Waals surface area contributed by atoms with Gasteiger partial charge in [-0.2, -0.15) is 0 Å². The molecule has 114 valence electrons. The lowest BCUT2D eigenvalue weighted by Crippen LogP contribution is -2.19. The zero-order valence-electron chi connectivity index (χ0n) is 12.1. The number of carbonyl (C=O) groups excluding carboxylic acids is 1. The van der Waals surface area contributed by atoms with Gasteiger partial charge in [-0.3, -0.25) is 4.79 Å². The highest BCUT2D eigenvalue weighted by atomic mass is 35.5. The van der Waals surface area contributed by atoms with Crippen LogP contribution in [-0.2, 0) is 4.79 Å². The average Bonchev–Trinajstić information content (AvgIpc) is 2.90. The number of halogens is 1. The lowest BCUT2D eigenvalue weighted by atomic mass is 10.2. The minimum Gasteiger partial charge on any atom is -0.300 e. The van der Waals surface area contributed by atoms with Gasteiger partial charge < -0.3 is 5.32 Å². The van der Waals surface area contributed by atoms with Crippen molar-refractivity contribution < 1.29 is 4.79 Å². The summed E-state index contributed by atoms with van der Waals surface area (Å²) in [6.07, 6.45) is 5.59. The number of hydrogen-bond donors (Lipinski definition) is 1. The van der Waals surface area contributed by atoms with Crippen molar-refractivity contribution in [2.75, 3.05) is 0 Å². The van der Waals surface area contributed by atoms with E-state index in [0.29, 0.717) is 20.8 Å². The van der Waals surface area contributed by atoms with E-state index in [1.54, 1.807) is 18.2 Å². The van der Waals surface area contributed by atoms with Crippen LogP contribution in [0.2, 0.25) is 5.02 Å². The number of allylic oxidation sites excluding steroid dienone is 2. The van der Waals surface area contributed by atoms with Crippen molar-refractivity contribution in [1.29, 1.82) is 0 Å². The minimum atomic E-state index is -0.154. The van der Waals surface area contributed by atoms with Crippen LogP contribution in [0.15, 0.2) is 76.6 Å². The highest BCUT2D eigenvalue weighted by molar-refractivity contribution is 8.18. The normalized spacial score (nSPS) is 18.0. The molecule has 0 spiro atoms. The number of amides is 1. The number of thioether (sulfide) groups is 1. The molecule has 3 nitrogen and oxygen atoms in total. The number of carbonyl (C=O) groups is 1. The average molecular weight is 341 g/mol. The summed E-state index contributed by atoms with van der Waals surface area (Å²) in [6, 6.07) is 17.2. The van der Waals surface area contributed by atoms with E-state index < -0.39 is 0 Å².